The number of ether oxygens (including phenoxy) is 1. The fourth-order valence-corrected chi connectivity index (χ4v) is 6.80. The summed E-state index contributed by atoms with van der Waals surface area (Å²) >= 11 is 0. The van der Waals surface area contributed by atoms with E-state index in [9.17, 15) is 0 Å². The molecule has 6 aromatic carbocycles. The summed E-state index contributed by atoms with van der Waals surface area (Å²) in [4.78, 5) is 0. The van der Waals surface area contributed by atoms with E-state index in [-0.39, 0.29) is 33.2 Å². The number of aromatic nitrogens is 2. The molecule has 222 valence electrons. The predicted octanol–water partition coefficient (Wildman–Crippen LogP) is 6.36. The van der Waals surface area contributed by atoms with E-state index in [1.54, 1.807) is 0 Å². The van der Waals surface area contributed by atoms with Crippen LogP contribution in [0.15, 0.2) is 127 Å². The number of aryl methyl sites for hydroxylation is 1. The maximum Gasteiger partial charge on any atom is 4.00 e. The van der Waals surface area contributed by atoms with E-state index in [4.69, 9.17) is 4.74 Å². The van der Waals surface area contributed by atoms with E-state index in [0.29, 0.717) is 0 Å². The van der Waals surface area contributed by atoms with E-state index < -0.39 is 0 Å². The van der Waals surface area contributed by atoms with Crippen LogP contribution >= 0.6 is 0 Å². The molecule has 9 rings (SSSR count). The van der Waals surface area contributed by atoms with Gasteiger partial charge >= 0.3 is 21.1 Å². The molecule has 0 N–H and O–H groups in total. The van der Waals surface area contributed by atoms with Gasteiger partial charge in [0.05, 0.1) is 16.7 Å². The van der Waals surface area contributed by atoms with Gasteiger partial charge in [-0.2, -0.15) is 83.8 Å². The molecule has 1 aromatic heterocycles. The van der Waals surface area contributed by atoms with Crippen LogP contribution in [0.1, 0.15) is 30.5 Å². The second kappa shape index (κ2) is 11.9. The smallest absolute Gasteiger partial charge is 0.518 e. The Hall–Kier alpha value is -4.66. The molecule has 3 nitrogen and oxygen atoms in total. The maximum atomic E-state index is 6.19. The van der Waals surface area contributed by atoms with Crippen LogP contribution in [0.3, 0.4) is 0 Å². The van der Waals surface area contributed by atoms with E-state index in [1.165, 1.54) is 27.6 Å². The summed E-state index contributed by atoms with van der Waals surface area (Å²) < 4.78 is 10.3. The van der Waals surface area contributed by atoms with Crippen LogP contribution in [-0.4, -0.2) is 11.3 Å². The number of nitrogens with zero attached hydrogens (tertiary/aromatic N) is 2. The topological polar surface area (TPSA) is 18.0 Å². The van der Waals surface area contributed by atoms with E-state index >= 15 is 0 Å². The first-order valence-electron chi connectivity index (χ1n) is 15.3. The van der Waals surface area contributed by atoms with Crippen LogP contribution in [0, 0.1) is 31.5 Å². The Morgan fingerprint density at radius 2 is 1.37 bits per heavy atom. The molecule has 0 amide bonds. The number of benzene rings is 6. The summed E-state index contributed by atoms with van der Waals surface area (Å²) in [6.07, 6.45) is 3.44. The molecule has 3 heterocycles. The summed E-state index contributed by atoms with van der Waals surface area (Å²) in [5, 5.41) is 0. The first-order chi connectivity index (χ1) is 22.0. The van der Waals surface area contributed by atoms with Crippen LogP contribution < -0.4 is 25.7 Å². The summed E-state index contributed by atoms with van der Waals surface area (Å²) in [6.45, 7) is 6.83. The molecule has 0 fully saturated rings. The van der Waals surface area contributed by atoms with E-state index in [1.807, 2.05) is 48.5 Å². The van der Waals surface area contributed by atoms with Gasteiger partial charge in [-0.1, -0.05) is 73.5 Å². The Kier molecular flexibility index (Phi) is 7.79. The SMILES string of the molecule is CC1(C)c2ccc[c-]c2B2c3[c-]cccc3Oc3cccc1c32.Cc1ccc(-[n+]2[c-]n(-c3[c-]cccc3)c3ccccc32)cc1.[Pt+4]. The fourth-order valence-electron chi connectivity index (χ4n) is 6.80. The average molecular weight is 773 g/mol. The molecule has 5 heteroatoms. The molecule has 2 aliphatic rings. The van der Waals surface area contributed by atoms with Crippen molar-refractivity contribution in [2.45, 2.75) is 26.2 Å². The molecular formula is C41H30BN2OPt+. The number of imidazole rings is 1. The molecule has 0 unspecified atom stereocenters. The van der Waals surface area contributed by atoms with E-state index in [0.717, 1.165) is 39.4 Å². The zero-order valence-corrected chi connectivity index (χ0v) is 28.1. The van der Waals surface area contributed by atoms with Crippen molar-refractivity contribution in [3.8, 4) is 22.9 Å². The first kappa shape index (κ1) is 30.0. The number of hydrogen-bond donors (Lipinski definition) is 0. The number of para-hydroxylation sites is 3. The Morgan fingerprint density at radius 1 is 0.674 bits per heavy atom. The molecule has 7 aromatic rings. The number of fused-ring (bicyclic) bond motifs is 5. The molecule has 2 aliphatic heterocycles. The molecule has 0 bridgehead atoms. The minimum Gasteiger partial charge on any atom is -0.518 e. The van der Waals surface area contributed by atoms with E-state index in [2.05, 4.69) is 133 Å². The molecule has 0 radical (unpaired) electrons. The van der Waals surface area contributed by atoms with Gasteiger partial charge < -0.3 is 9.30 Å². The van der Waals surface area contributed by atoms with Crippen LogP contribution in [0.2, 0.25) is 0 Å². The number of rotatable bonds is 2. The van der Waals surface area contributed by atoms with Crippen LogP contribution in [0.25, 0.3) is 22.4 Å². The summed E-state index contributed by atoms with van der Waals surface area (Å²) in [7, 11) is 0. The molecular weight excluding hydrogens is 742 g/mol. The Balaban J connectivity index is 0.000000144. The van der Waals surface area contributed by atoms with Crippen molar-refractivity contribution in [2.24, 2.45) is 0 Å². The minimum absolute atomic E-state index is 0. The van der Waals surface area contributed by atoms with Gasteiger partial charge in [0.25, 0.3) is 6.33 Å². The molecule has 0 atom stereocenters. The molecule has 0 aliphatic carbocycles. The standard InChI is InChI=1S/C21H15BO.C20H15N2.Pt/c1-21(2)14-8-3-4-10-16(14)22-17-11-5-6-12-18(17)23-19-13-7-9-15(21)20(19)22;1-16-11-13-18(14-12-16)22-15-21(17-7-3-2-4-8-17)19-9-5-6-10-20(19)22;/h3-9,12-13H,1-2H3;2-7,9-14H,1H3;/q-2;-1;+4. The average Bonchev–Trinajstić information content (AvgIpc) is 3.47. The Labute approximate surface area is 285 Å². The van der Waals surface area contributed by atoms with Gasteiger partial charge in [0, 0.05) is 5.75 Å². The third kappa shape index (κ3) is 4.93. The van der Waals surface area contributed by atoms with Gasteiger partial charge in [0.1, 0.15) is 5.75 Å². The summed E-state index contributed by atoms with van der Waals surface area (Å²) in [6, 6.07) is 53.7. The Bertz CT molecular complexity index is 2190. The van der Waals surface area contributed by atoms with Gasteiger partial charge in [-0.25, -0.2) is 0 Å². The largest absolute Gasteiger partial charge is 4.00 e. The van der Waals surface area contributed by atoms with Gasteiger partial charge in [-0.05, 0) is 41.7 Å². The molecule has 0 saturated carbocycles. The van der Waals surface area contributed by atoms with Crippen molar-refractivity contribution < 1.29 is 30.4 Å². The van der Waals surface area contributed by atoms with Crippen molar-refractivity contribution in [1.82, 2.24) is 4.57 Å². The second-order valence-corrected chi connectivity index (χ2v) is 12.2. The second-order valence-electron chi connectivity index (χ2n) is 12.2. The van der Waals surface area contributed by atoms with Crippen LogP contribution in [-0.2, 0) is 26.5 Å². The normalized spacial score (nSPS) is 13.2. The maximum absolute atomic E-state index is 6.19. The number of hydrogen-bond acceptors (Lipinski definition) is 1. The quantitative estimate of drug-likeness (QED) is 0.114. The van der Waals surface area contributed by atoms with Gasteiger partial charge in [0.2, 0.25) is 0 Å². The Morgan fingerprint density at radius 3 is 2.17 bits per heavy atom. The third-order valence-corrected chi connectivity index (χ3v) is 9.02. The molecule has 0 spiro atoms. The first-order valence-corrected chi connectivity index (χ1v) is 15.3. The summed E-state index contributed by atoms with van der Waals surface area (Å²) in [5.74, 6) is 1.88. The predicted molar refractivity (Wildman–Crippen MR) is 181 cm³/mol. The zero-order chi connectivity index (χ0) is 30.5. The minimum atomic E-state index is -0.0510. The molecule has 46 heavy (non-hydrogen) atoms. The van der Waals surface area contributed by atoms with Gasteiger partial charge in [0.15, 0.2) is 6.71 Å². The van der Waals surface area contributed by atoms with Crippen molar-refractivity contribution >= 4 is 34.1 Å². The summed E-state index contributed by atoms with van der Waals surface area (Å²) in [5.41, 5.74) is 11.9. The van der Waals surface area contributed by atoms with Gasteiger partial charge in [-0.3, -0.25) is 4.57 Å². The zero-order valence-electron chi connectivity index (χ0n) is 25.8. The van der Waals surface area contributed by atoms with Gasteiger partial charge in [-0.15, -0.1) is 11.5 Å². The van der Waals surface area contributed by atoms with Crippen molar-refractivity contribution in [3.05, 3.63) is 169 Å². The van der Waals surface area contributed by atoms with Crippen LogP contribution in [0.4, 0.5) is 0 Å². The van der Waals surface area contributed by atoms with Crippen molar-refractivity contribution in [3.63, 3.8) is 0 Å². The fraction of sp³-hybridized carbons (Fsp3) is 0.0976. The monoisotopic (exact) mass is 772 g/mol. The molecule has 0 saturated heterocycles. The van der Waals surface area contributed by atoms with Crippen LogP contribution in [0.5, 0.6) is 11.5 Å². The van der Waals surface area contributed by atoms with Crippen molar-refractivity contribution in [2.75, 3.05) is 0 Å². The third-order valence-electron chi connectivity index (χ3n) is 9.02. The van der Waals surface area contributed by atoms with Crippen molar-refractivity contribution in [1.29, 1.82) is 0 Å².